The highest BCUT2D eigenvalue weighted by molar-refractivity contribution is 5.79. The standard InChI is InChI=1S/C14H26N2O2/c15-10-13(9-12-5-8-18-11-12)14(17)16-6-3-1-2-4-7-16/h12-13H,1-11,15H2. The lowest BCUT2D eigenvalue weighted by Gasteiger charge is -2.26. The minimum Gasteiger partial charge on any atom is -0.381 e. The second-order valence-electron chi connectivity index (χ2n) is 5.64. The quantitative estimate of drug-likeness (QED) is 0.825. The van der Waals surface area contributed by atoms with E-state index in [0.29, 0.717) is 12.5 Å². The number of hydrogen-bond donors (Lipinski definition) is 1. The van der Waals surface area contributed by atoms with Crippen molar-refractivity contribution in [1.29, 1.82) is 0 Å². The Labute approximate surface area is 110 Å². The van der Waals surface area contributed by atoms with Gasteiger partial charge in [-0.1, -0.05) is 12.8 Å². The van der Waals surface area contributed by atoms with Crippen LogP contribution in [0.25, 0.3) is 0 Å². The van der Waals surface area contributed by atoms with E-state index < -0.39 is 0 Å². The molecule has 2 saturated heterocycles. The maximum Gasteiger partial charge on any atom is 0.226 e. The van der Waals surface area contributed by atoms with Crippen LogP contribution in [-0.4, -0.2) is 43.7 Å². The Morgan fingerprint density at radius 3 is 2.56 bits per heavy atom. The third-order valence-corrected chi connectivity index (χ3v) is 4.19. The van der Waals surface area contributed by atoms with Gasteiger partial charge in [0.1, 0.15) is 0 Å². The minimum atomic E-state index is 0.00907. The lowest BCUT2D eigenvalue weighted by atomic mass is 9.92. The van der Waals surface area contributed by atoms with E-state index in [0.717, 1.165) is 52.0 Å². The molecule has 0 radical (unpaired) electrons. The van der Waals surface area contributed by atoms with Gasteiger partial charge < -0.3 is 15.4 Å². The van der Waals surface area contributed by atoms with Gasteiger partial charge in [-0.15, -0.1) is 0 Å². The molecule has 2 fully saturated rings. The number of nitrogens with zero attached hydrogens (tertiary/aromatic N) is 1. The molecule has 2 rings (SSSR count). The monoisotopic (exact) mass is 254 g/mol. The van der Waals surface area contributed by atoms with Gasteiger partial charge in [-0.05, 0) is 31.6 Å². The maximum absolute atomic E-state index is 12.5. The summed E-state index contributed by atoms with van der Waals surface area (Å²) in [5.41, 5.74) is 5.81. The minimum absolute atomic E-state index is 0.00907. The molecular weight excluding hydrogens is 228 g/mol. The van der Waals surface area contributed by atoms with E-state index in [2.05, 4.69) is 0 Å². The van der Waals surface area contributed by atoms with E-state index in [1.54, 1.807) is 0 Å². The number of carbonyl (C=O) groups is 1. The predicted octanol–water partition coefficient (Wildman–Crippen LogP) is 1.39. The van der Waals surface area contributed by atoms with Crippen molar-refractivity contribution >= 4 is 5.91 Å². The molecule has 2 heterocycles. The molecular formula is C14H26N2O2. The highest BCUT2D eigenvalue weighted by atomic mass is 16.5. The van der Waals surface area contributed by atoms with Crippen molar-refractivity contribution in [1.82, 2.24) is 4.90 Å². The highest BCUT2D eigenvalue weighted by Crippen LogP contribution is 2.23. The Balaban J connectivity index is 1.86. The van der Waals surface area contributed by atoms with E-state index in [-0.39, 0.29) is 11.8 Å². The fraction of sp³-hybridized carbons (Fsp3) is 0.929. The molecule has 0 saturated carbocycles. The Kier molecular flexibility index (Phi) is 5.45. The third-order valence-electron chi connectivity index (χ3n) is 4.19. The first-order chi connectivity index (χ1) is 8.81. The van der Waals surface area contributed by atoms with Crippen LogP contribution in [-0.2, 0) is 9.53 Å². The van der Waals surface area contributed by atoms with Crippen molar-refractivity contribution in [2.24, 2.45) is 17.6 Å². The Bertz CT molecular complexity index is 257. The zero-order valence-corrected chi connectivity index (χ0v) is 11.3. The Morgan fingerprint density at radius 2 is 2.00 bits per heavy atom. The van der Waals surface area contributed by atoms with Crippen LogP contribution in [0.4, 0.5) is 0 Å². The summed E-state index contributed by atoms with van der Waals surface area (Å²) in [6.45, 7) is 3.99. The van der Waals surface area contributed by atoms with Crippen LogP contribution in [0.5, 0.6) is 0 Å². The van der Waals surface area contributed by atoms with Crippen LogP contribution >= 0.6 is 0 Å². The van der Waals surface area contributed by atoms with Crippen molar-refractivity contribution in [2.45, 2.75) is 38.5 Å². The predicted molar refractivity (Wildman–Crippen MR) is 71.1 cm³/mol. The number of likely N-dealkylation sites (tertiary alicyclic amines) is 1. The number of rotatable bonds is 4. The average molecular weight is 254 g/mol. The molecule has 0 aromatic carbocycles. The summed E-state index contributed by atoms with van der Waals surface area (Å²) < 4.78 is 5.38. The Morgan fingerprint density at radius 1 is 1.28 bits per heavy atom. The molecule has 0 spiro atoms. The van der Waals surface area contributed by atoms with Gasteiger partial charge in [0.25, 0.3) is 0 Å². The maximum atomic E-state index is 12.5. The first kappa shape index (κ1) is 13.8. The molecule has 18 heavy (non-hydrogen) atoms. The lowest BCUT2D eigenvalue weighted by molar-refractivity contribution is -0.135. The molecule has 2 unspecified atom stereocenters. The number of nitrogens with two attached hydrogens (primary N) is 1. The molecule has 4 nitrogen and oxygen atoms in total. The van der Waals surface area contributed by atoms with Crippen LogP contribution in [0.2, 0.25) is 0 Å². The van der Waals surface area contributed by atoms with Crippen LogP contribution in [0, 0.1) is 11.8 Å². The van der Waals surface area contributed by atoms with Crippen LogP contribution in [0.15, 0.2) is 0 Å². The van der Waals surface area contributed by atoms with E-state index in [1.165, 1.54) is 12.8 Å². The van der Waals surface area contributed by atoms with Crippen molar-refractivity contribution in [2.75, 3.05) is 32.8 Å². The molecule has 0 bridgehead atoms. The smallest absolute Gasteiger partial charge is 0.226 e. The third kappa shape index (κ3) is 3.69. The highest BCUT2D eigenvalue weighted by Gasteiger charge is 2.28. The van der Waals surface area contributed by atoms with E-state index in [4.69, 9.17) is 10.5 Å². The van der Waals surface area contributed by atoms with Crippen LogP contribution in [0.3, 0.4) is 0 Å². The van der Waals surface area contributed by atoms with Gasteiger partial charge in [-0.3, -0.25) is 4.79 Å². The molecule has 2 aliphatic rings. The summed E-state index contributed by atoms with van der Waals surface area (Å²) in [4.78, 5) is 14.5. The summed E-state index contributed by atoms with van der Waals surface area (Å²) in [5.74, 6) is 0.829. The van der Waals surface area contributed by atoms with E-state index in [1.807, 2.05) is 4.90 Å². The molecule has 2 aliphatic heterocycles. The van der Waals surface area contributed by atoms with Gasteiger partial charge in [0.2, 0.25) is 5.91 Å². The number of hydrogen-bond acceptors (Lipinski definition) is 3. The molecule has 1 amide bonds. The number of carbonyl (C=O) groups excluding carboxylic acids is 1. The zero-order chi connectivity index (χ0) is 12.8. The molecule has 0 aromatic rings. The normalized spacial score (nSPS) is 26.9. The summed E-state index contributed by atoms with van der Waals surface area (Å²) in [7, 11) is 0. The average Bonchev–Trinajstić information content (AvgIpc) is 2.75. The first-order valence-corrected chi connectivity index (χ1v) is 7.38. The van der Waals surface area contributed by atoms with Gasteiger partial charge in [-0.25, -0.2) is 0 Å². The number of ether oxygens (including phenoxy) is 1. The SMILES string of the molecule is NCC(CC1CCOC1)C(=O)N1CCCCCC1. The van der Waals surface area contributed by atoms with Gasteiger partial charge >= 0.3 is 0 Å². The van der Waals surface area contributed by atoms with Crippen molar-refractivity contribution < 1.29 is 9.53 Å². The summed E-state index contributed by atoms with van der Waals surface area (Å²) in [5, 5.41) is 0. The largest absolute Gasteiger partial charge is 0.381 e. The molecule has 2 N–H and O–H groups in total. The first-order valence-electron chi connectivity index (χ1n) is 7.38. The molecule has 0 aromatic heterocycles. The van der Waals surface area contributed by atoms with E-state index >= 15 is 0 Å². The molecule has 2 atom stereocenters. The van der Waals surface area contributed by atoms with Gasteiger partial charge in [0, 0.05) is 32.8 Å². The Hall–Kier alpha value is -0.610. The van der Waals surface area contributed by atoms with Crippen LogP contribution < -0.4 is 5.73 Å². The zero-order valence-electron chi connectivity index (χ0n) is 11.3. The van der Waals surface area contributed by atoms with Crippen molar-refractivity contribution in [3.05, 3.63) is 0 Å². The fourth-order valence-corrected chi connectivity index (χ4v) is 3.02. The second kappa shape index (κ2) is 7.10. The summed E-state index contributed by atoms with van der Waals surface area (Å²) in [6, 6.07) is 0. The van der Waals surface area contributed by atoms with Crippen molar-refractivity contribution in [3.8, 4) is 0 Å². The molecule has 104 valence electrons. The lowest BCUT2D eigenvalue weighted by Crippen LogP contribution is -2.40. The van der Waals surface area contributed by atoms with E-state index in [9.17, 15) is 4.79 Å². The van der Waals surface area contributed by atoms with Gasteiger partial charge in [0.05, 0.1) is 5.92 Å². The summed E-state index contributed by atoms with van der Waals surface area (Å²) >= 11 is 0. The molecule has 0 aliphatic carbocycles. The van der Waals surface area contributed by atoms with Crippen molar-refractivity contribution in [3.63, 3.8) is 0 Å². The fourth-order valence-electron chi connectivity index (χ4n) is 3.02. The van der Waals surface area contributed by atoms with Gasteiger partial charge in [-0.2, -0.15) is 0 Å². The second-order valence-corrected chi connectivity index (χ2v) is 5.64. The summed E-state index contributed by atoms with van der Waals surface area (Å²) in [6.07, 6.45) is 6.81. The molecule has 4 heteroatoms. The number of amides is 1. The van der Waals surface area contributed by atoms with Crippen LogP contribution in [0.1, 0.15) is 38.5 Å². The van der Waals surface area contributed by atoms with Gasteiger partial charge in [0.15, 0.2) is 0 Å². The topological polar surface area (TPSA) is 55.6 Å².